The number of rotatable bonds is 3. The monoisotopic (exact) mass is 312 g/mol. The Hall–Kier alpha value is -1.13. The topological polar surface area (TPSA) is 81.2 Å². The molecule has 6 nitrogen and oxygen atoms in total. The van der Waals surface area contributed by atoms with Gasteiger partial charge in [-0.25, -0.2) is 8.42 Å². The van der Waals surface area contributed by atoms with Gasteiger partial charge in [-0.1, -0.05) is 0 Å². The van der Waals surface area contributed by atoms with E-state index in [2.05, 4.69) is 5.10 Å². The third-order valence-electron chi connectivity index (χ3n) is 3.01. The molecule has 1 aromatic heterocycles. The summed E-state index contributed by atoms with van der Waals surface area (Å²) in [6.45, 7) is -0.824. The number of aromatic nitrogens is 2. The van der Waals surface area contributed by atoms with Crippen LogP contribution in [0.4, 0.5) is 13.2 Å². The standard InChI is InChI=1S/C10H15F3N4O2S/c11-10(12,13)7-16-6-9(4-15-16)20(18,19)17-3-1-2-8(14)5-17/h4,6,8H,1-3,5,7,14H2. The van der Waals surface area contributed by atoms with Gasteiger partial charge in [0.2, 0.25) is 10.0 Å². The van der Waals surface area contributed by atoms with Crippen molar-refractivity contribution >= 4 is 10.0 Å². The minimum Gasteiger partial charge on any atom is -0.327 e. The van der Waals surface area contributed by atoms with E-state index in [-0.39, 0.29) is 17.5 Å². The first-order chi connectivity index (χ1) is 9.18. The minimum atomic E-state index is -4.44. The number of sulfonamides is 1. The van der Waals surface area contributed by atoms with E-state index in [0.29, 0.717) is 17.6 Å². The van der Waals surface area contributed by atoms with Gasteiger partial charge >= 0.3 is 6.18 Å². The normalized spacial score (nSPS) is 22.1. The molecular weight excluding hydrogens is 297 g/mol. The van der Waals surface area contributed by atoms with Crippen LogP contribution in [-0.2, 0) is 16.6 Å². The summed E-state index contributed by atoms with van der Waals surface area (Å²) >= 11 is 0. The summed E-state index contributed by atoms with van der Waals surface area (Å²) in [4.78, 5) is -0.240. The van der Waals surface area contributed by atoms with Gasteiger partial charge in [0.15, 0.2) is 0 Å². The maximum absolute atomic E-state index is 12.2. The number of hydrogen-bond acceptors (Lipinski definition) is 4. The van der Waals surface area contributed by atoms with Gasteiger partial charge in [-0.05, 0) is 12.8 Å². The van der Waals surface area contributed by atoms with Gasteiger partial charge < -0.3 is 5.73 Å². The van der Waals surface area contributed by atoms with E-state index >= 15 is 0 Å². The molecule has 1 aliphatic heterocycles. The highest BCUT2D eigenvalue weighted by Crippen LogP contribution is 2.21. The van der Waals surface area contributed by atoms with E-state index in [1.54, 1.807) is 0 Å². The second kappa shape index (κ2) is 5.34. The Bertz CT molecular complexity index is 569. The van der Waals surface area contributed by atoms with Crippen molar-refractivity contribution in [1.29, 1.82) is 0 Å². The Morgan fingerprint density at radius 3 is 2.75 bits per heavy atom. The van der Waals surface area contributed by atoms with Crippen LogP contribution in [0.1, 0.15) is 12.8 Å². The van der Waals surface area contributed by atoms with Crippen LogP contribution in [0, 0.1) is 0 Å². The Labute approximate surface area is 114 Å². The first-order valence-electron chi connectivity index (χ1n) is 6.03. The summed E-state index contributed by atoms with van der Waals surface area (Å²) < 4.78 is 62.9. The first kappa shape index (κ1) is 15.3. The van der Waals surface area contributed by atoms with E-state index < -0.39 is 22.7 Å². The minimum absolute atomic E-state index is 0.173. The molecule has 0 spiro atoms. The molecule has 1 unspecified atom stereocenters. The summed E-state index contributed by atoms with van der Waals surface area (Å²) in [5, 5.41) is 3.44. The first-order valence-corrected chi connectivity index (χ1v) is 7.47. The highest BCUT2D eigenvalue weighted by molar-refractivity contribution is 7.89. The zero-order valence-electron chi connectivity index (χ0n) is 10.5. The molecule has 0 aromatic carbocycles. The van der Waals surface area contributed by atoms with Crippen molar-refractivity contribution in [2.24, 2.45) is 5.73 Å². The zero-order valence-corrected chi connectivity index (χ0v) is 11.4. The second-order valence-electron chi connectivity index (χ2n) is 4.75. The summed E-state index contributed by atoms with van der Waals surface area (Å²) in [6.07, 6.45) is -1.25. The fourth-order valence-corrected chi connectivity index (χ4v) is 3.58. The molecular formula is C10H15F3N4O2S. The fraction of sp³-hybridized carbons (Fsp3) is 0.700. The lowest BCUT2D eigenvalue weighted by Crippen LogP contribution is -2.45. The van der Waals surface area contributed by atoms with Crippen LogP contribution < -0.4 is 5.73 Å². The van der Waals surface area contributed by atoms with Crippen molar-refractivity contribution in [1.82, 2.24) is 14.1 Å². The van der Waals surface area contributed by atoms with Crippen LogP contribution in [0.15, 0.2) is 17.3 Å². The van der Waals surface area contributed by atoms with Gasteiger partial charge in [0.1, 0.15) is 11.4 Å². The van der Waals surface area contributed by atoms with Gasteiger partial charge in [-0.2, -0.15) is 22.6 Å². The number of hydrogen-bond donors (Lipinski definition) is 1. The van der Waals surface area contributed by atoms with Crippen molar-refractivity contribution in [3.05, 3.63) is 12.4 Å². The maximum atomic E-state index is 12.2. The molecule has 2 heterocycles. The molecule has 2 N–H and O–H groups in total. The van der Waals surface area contributed by atoms with E-state index in [1.165, 1.54) is 4.31 Å². The van der Waals surface area contributed by atoms with E-state index in [0.717, 1.165) is 18.8 Å². The van der Waals surface area contributed by atoms with Crippen LogP contribution in [0.2, 0.25) is 0 Å². The molecule has 1 fully saturated rings. The van der Waals surface area contributed by atoms with E-state index in [1.807, 2.05) is 0 Å². The quantitative estimate of drug-likeness (QED) is 0.884. The summed E-state index contributed by atoms with van der Waals surface area (Å²) in [5.74, 6) is 0. The lowest BCUT2D eigenvalue weighted by atomic mass is 10.1. The number of alkyl halides is 3. The molecule has 1 atom stereocenters. The average Bonchev–Trinajstić information content (AvgIpc) is 2.75. The molecule has 1 aromatic rings. The Morgan fingerprint density at radius 2 is 2.15 bits per heavy atom. The SMILES string of the molecule is NC1CCCN(S(=O)(=O)c2cnn(CC(F)(F)F)c2)C1. The lowest BCUT2D eigenvalue weighted by molar-refractivity contribution is -0.142. The molecule has 1 saturated heterocycles. The van der Waals surface area contributed by atoms with Crippen LogP contribution in [0.5, 0.6) is 0 Å². The average molecular weight is 312 g/mol. The Balaban J connectivity index is 2.17. The fourth-order valence-electron chi connectivity index (χ4n) is 2.09. The van der Waals surface area contributed by atoms with Crippen LogP contribution in [0.25, 0.3) is 0 Å². The van der Waals surface area contributed by atoms with Crippen molar-refractivity contribution in [3.8, 4) is 0 Å². The third kappa shape index (κ3) is 3.49. The largest absolute Gasteiger partial charge is 0.408 e. The van der Waals surface area contributed by atoms with Gasteiger partial charge in [0.25, 0.3) is 0 Å². The number of piperidine rings is 1. The molecule has 1 aliphatic rings. The molecule has 0 saturated carbocycles. The predicted octanol–water partition coefficient (Wildman–Crippen LogP) is 0.557. The number of halogens is 3. The molecule has 0 amide bonds. The predicted molar refractivity (Wildman–Crippen MR) is 64.3 cm³/mol. The van der Waals surface area contributed by atoms with Gasteiger partial charge in [-0.3, -0.25) is 4.68 Å². The molecule has 10 heteroatoms. The molecule has 114 valence electrons. The lowest BCUT2D eigenvalue weighted by Gasteiger charge is -2.29. The van der Waals surface area contributed by atoms with Crippen LogP contribution in [-0.4, -0.2) is 47.8 Å². The van der Waals surface area contributed by atoms with Gasteiger partial charge in [0.05, 0.1) is 6.20 Å². The van der Waals surface area contributed by atoms with Crippen LogP contribution >= 0.6 is 0 Å². The smallest absolute Gasteiger partial charge is 0.327 e. The van der Waals surface area contributed by atoms with Gasteiger partial charge in [-0.15, -0.1) is 0 Å². The van der Waals surface area contributed by atoms with E-state index in [9.17, 15) is 21.6 Å². The maximum Gasteiger partial charge on any atom is 0.408 e. The zero-order chi connectivity index (χ0) is 15.0. The number of nitrogens with zero attached hydrogens (tertiary/aromatic N) is 3. The molecule has 0 radical (unpaired) electrons. The van der Waals surface area contributed by atoms with Crippen molar-refractivity contribution < 1.29 is 21.6 Å². The Kier molecular flexibility index (Phi) is 4.07. The third-order valence-corrected chi connectivity index (χ3v) is 4.83. The van der Waals surface area contributed by atoms with Crippen molar-refractivity contribution in [2.75, 3.05) is 13.1 Å². The number of nitrogens with two attached hydrogens (primary N) is 1. The van der Waals surface area contributed by atoms with Crippen molar-refractivity contribution in [3.63, 3.8) is 0 Å². The Morgan fingerprint density at radius 1 is 1.45 bits per heavy atom. The summed E-state index contributed by atoms with van der Waals surface area (Å²) in [6, 6.07) is -0.247. The summed E-state index contributed by atoms with van der Waals surface area (Å²) in [7, 11) is -3.83. The van der Waals surface area contributed by atoms with Crippen molar-refractivity contribution in [2.45, 2.75) is 36.5 Å². The van der Waals surface area contributed by atoms with E-state index in [4.69, 9.17) is 5.73 Å². The highest BCUT2D eigenvalue weighted by Gasteiger charge is 2.32. The molecule has 0 bridgehead atoms. The molecule has 2 rings (SSSR count). The molecule has 0 aliphatic carbocycles. The second-order valence-corrected chi connectivity index (χ2v) is 6.69. The molecule has 20 heavy (non-hydrogen) atoms. The van der Waals surface area contributed by atoms with Gasteiger partial charge in [0, 0.05) is 25.3 Å². The highest BCUT2D eigenvalue weighted by atomic mass is 32.2. The summed E-state index contributed by atoms with van der Waals surface area (Å²) in [5.41, 5.74) is 5.71. The van der Waals surface area contributed by atoms with Crippen LogP contribution in [0.3, 0.4) is 0 Å².